The molecule has 1 aromatic carbocycles. The van der Waals surface area contributed by atoms with E-state index in [0.717, 1.165) is 12.5 Å². The van der Waals surface area contributed by atoms with Gasteiger partial charge in [-0.15, -0.1) is 0 Å². The first kappa shape index (κ1) is 15.2. The maximum Gasteiger partial charge on any atom is 0.171 e. The SMILES string of the molecule is CCCNc1nc(N(C)c2ccccc2F)c(F)cc1F. The zero-order valence-electron chi connectivity index (χ0n) is 11.8. The number of nitrogens with one attached hydrogen (secondary N) is 1. The Hall–Kier alpha value is -2.24. The summed E-state index contributed by atoms with van der Waals surface area (Å²) in [6.07, 6.45) is 0.775. The zero-order chi connectivity index (χ0) is 15.4. The molecule has 3 nitrogen and oxygen atoms in total. The fraction of sp³-hybridized carbons (Fsp3) is 0.267. The predicted molar refractivity (Wildman–Crippen MR) is 77.4 cm³/mol. The van der Waals surface area contributed by atoms with E-state index in [9.17, 15) is 13.2 Å². The van der Waals surface area contributed by atoms with Gasteiger partial charge >= 0.3 is 0 Å². The maximum atomic E-state index is 13.9. The highest BCUT2D eigenvalue weighted by Crippen LogP contribution is 2.28. The van der Waals surface area contributed by atoms with E-state index in [1.54, 1.807) is 6.07 Å². The molecule has 1 heterocycles. The van der Waals surface area contributed by atoms with Crippen molar-refractivity contribution in [3.8, 4) is 0 Å². The molecule has 2 rings (SSSR count). The number of anilines is 3. The van der Waals surface area contributed by atoms with Crippen LogP contribution in [0.5, 0.6) is 0 Å². The summed E-state index contributed by atoms with van der Waals surface area (Å²) in [6, 6.07) is 6.68. The van der Waals surface area contributed by atoms with Crippen LogP contribution >= 0.6 is 0 Å². The first-order chi connectivity index (χ1) is 10.0. The lowest BCUT2D eigenvalue weighted by Crippen LogP contribution is -2.16. The molecule has 0 saturated carbocycles. The van der Waals surface area contributed by atoms with Crippen LogP contribution in [-0.4, -0.2) is 18.6 Å². The number of hydrogen-bond acceptors (Lipinski definition) is 3. The minimum absolute atomic E-state index is 0.0450. The van der Waals surface area contributed by atoms with E-state index >= 15 is 0 Å². The number of nitrogens with zero attached hydrogens (tertiary/aromatic N) is 2. The van der Waals surface area contributed by atoms with Crippen molar-refractivity contribution in [3.63, 3.8) is 0 Å². The van der Waals surface area contributed by atoms with Gasteiger partial charge in [0.2, 0.25) is 0 Å². The molecule has 112 valence electrons. The van der Waals surface area contributed by atoms with E-state index in [2.05, 4.69) is 10.3 Å². The third-order valence-corrected chi connectivity index (χ3v) is 2.98. The van der Waals surface area contributed by atoms with Crippen LogP contribution < -0.4 is 10.2 Å². The first-order valence-electron chi connectivity index (χ1n) is 6.62. The van der Waals surface area contributed by atoms with Crippen molar-refractivity contribution < 1.29 is 13.2 Å². The topological polar surface area (TPSA) is 28.2 Å². The van der Waals surface area contributed by atoms with Crippen LogP contribution in [0.15, 0.2) is 30.3 Å². The minimum Gasteiger partial charge on any atom is -0.368 e. The molecule has 0 amide bonds. The van der Waals surface area contributed by atoms with Gasteiger partial charge in [0.05, 0.1) is 5.69 Å². The molecule has 1 N–H and O–H groups in total. The summed E-state index contributed by atoms with van der Waals surface area (Å²) in [5.74, 6) is -2.31. The second-order valence-electron chi connectivity index (χ2n) is 4.56. The van der Waals surface area contributed by atoms with Crippen LogP contribution in [0.25, 0.3) is 0 Å². The molecule has 0 spiro atoms. The molecule has 1 aromatic heterocycles. The molecule has 21 heavy (non-hydrogen) atoms. The van der Waals surface area contributed by atoms with Gasteiger partial charge in [0.1, 0.15) is 5.82 Å². The van der Waals surface area contributed by atoms with Gasteiger partial charge in [0.25, 0.3) is 0 Å². The van der Waals surface area contributed by atoms with Crippen molar-refractivity contribution in [3.05, 3.63) is 47.8 Å². The van der Waals surface area contributed by atoms with Crippen LogP contribution in [0.1, 0.15) is 13.3 Å². The Kier molecular flexibility index (Phi) is 4.67. The standard InChI is InChI=1S/C15H16F3N3/c1-3-8-19-14-11(17)9-12(18)15(20-14)21(2)13-7-5-4-6-10(13)16/h4-7,9H,3,8H2,1-2H3,(H,19,20). The van der Waals surface area contributed by atoms with Crippen molar-refractivity contribution in [1.29, 1.82) is 0 Å². The van der Waals surface area contributed by atoms with Crippen LogP contribution in [-0.2, 0) is 0 Å². The number of halogens is 3. The monoisotopic (exact) mass is 295 g/mol. The van der Waals surface area contributed by atoms with Crippen LogP contribution in [0, 0.1) is 17.5 Å². The molecule has 0 unspecified atom stereocenters. The third-order valence-electron chi connectivity index (χ3n) is 2.98. The van der Waals surface area contributed by atoms with E-state index in [1.165, 1.54) is 30.1 Å². The van der Waals surface area contributed by atoms with Crippen molar-refractivity contribution in [2.45, 2.75) is 13.3 Å². The van der Waals surface area contributed by atoms with E-state index in [-0.39, 0.29) is 17.3 Å². The van der Waals surface area contributed by atoms with Crippen molar-refractivity contribution in [2.75, 3.05) is 23.8 Å². The van der Waals surface area contributed by atoms with Crippen molar-refractivity contribution >= 4 is 17.3 Å². The molecule has 6 heteroatoms. The largest absolute Gasteiger partial charge is 0.368 e. The number of para-hydroxylation sites is 1. The first-order valence-corrected chi connectivity index (χ1v) is 6.62. The Morgan fingerprint density at radius 3 is 2.48 bits per heavy atom. The molecule has 0 fully saturated rings. The van der Waals surface area contributed by atoms with Crippen LogP contribution in [0.4, 0.5) is 30.5 Å². The minimum atomic E-state index is -0.847. The van der Waals surface area contributed by atoms with Crippen molar-refractivity contribution in [1.82, 2.24) is 4.98 Å². The average Bonchev–Trinajstić information content (AvgIpc) is 2.46. The molecule has 0 bridgehead atoms. The lowest BCUT2D eigenvalue weighted by Gasteiger charge is -2.20. The summed E-state index contributed by atoms with van der Waals surface area (Å²) in [6.45, 7) is 2.43. The Balaban J connectivity index is 2.41. The van der Waals surface area contributed by atoms with Crippen LogP contribution in [0.3, 0.4) is 0 Å². The fourth-order valence-electron chi connectivity index (χ4n) is 1.90. The second-order valence-corrected chi connectivity index (χ2v) is 4.56. The second kappa shape index (κ2) is 6.47. The molecular formula is C15H16F3N3. The number of aromatic nitrogens is 1. The summed E-state index contributed by atoms with van der Waals surface area (Å²) < 4.78 is 41.3. The fourth-order valence-corrected chi connectivity index (χ4v) is 1.90. The van der Waals surface area contributed by atoms with E-state index < -0.39 is 17.5 Å². The van der Waals surface area contributed by atoms with Crippen LogP contribution in [0.2, 0.25) is 0 Å². The highest BCUT2D eigenvalue weighted by molar-refractivity contribution is 5.62. The van der Waals surface area contributed by atoms with E-state index in [4.69, 9.17) is 0 Å². The molecular weight excluding hydrogens is 279 g/mol. The number of hydrogen-bond donors (Lipinski definition) is 1. The molecule has 0 aliphatic rings. The van der Waals surface area contributed by atoms with E-state index in [1.807, 2.05) is 6.92 Å². The quantitative estimate of drug-likeness (QED) is 0.900. The Morgan fingerprint density at radius 1 is 1.10 bits per heavy atom. The number of benzene rings is 1. The van der Waals surface area contributed by atoms with Gasteiger partial charge in [0.15, 0.2) is 23.3 Å². The van der Waals surface area contributed by atoms with Gasteiger partial charge in [-0.25, -0.2) is 18.2 Å². The smallest absolute Gasteiger partial charge is 0.171 e. The Labute approximate surface area is 121 Å². The van der Waals surface area contributed by atoms with Gasteiger partial charge < -0.3 is 10.2 Å². The van der Waals surface area contributed by atoms with Gasteiger partial charge in [-0.2, -0.15) is 0 Å². The normalized spacial score (nSPS) is 10.5. The molecule has 2 aromatic rings. The highest BCUT2D eigenvalue weighted by atomic mass is 19.1. The van der Waals surface area contributed by atoms with Gasteiger partial charge in [-0.1, -0.05) is 19.1 Å². The molecule has 0 aliphatic heterocycles. The number of pyridine rings is 1. The lowest BCUT2D eigenvalue weighted by atomic mass is 10.2. The average molecular weight is 295 g/mol. The lowest BCUT2D eigenvalue weighted by molar-refractivity contribution is 0.574. The Bertz CT molecular complexity index is 632. The summed E-state index contributed by atoms with van der Waals surface area (Å²) in [5, 5.41) is 2.78. The number of rotatable bonds is 5. The molecule has 0 saturated heterocycles. The Morgan fingerprint density at radius 2 is 1.81 bits per heavy atom. The molecule has 0 radical (unpaired) electrons. The predicted octanol–water partition coefficient (Wildman–Crippen LogP) is 4.09. The zero-order valence-corrected chi connectivity index (χ0v) is 11.8. The highest BCUT2D eigenvalue weighted by Gasteiger charge is 2.18. The summed E-state index contributed by atoms with van der Waals surface area (Å²) in [5.41, 5.74) is 0.164. The maximum absolute atomic E-state index is 13.9. The van der Waals surface area contributed by atoms with Crippen molar-refractivity contribution in [2.24, 2.45) is 0 Å². The summed E-state index contributed by atoms with van der Waals surface area (Å²) >= 11 is 0. The van der Waals surface area contributed by atoms with Gasteiger partial charge in [-0.05, 0) is 18.6 Å². The van der Waals surface area contributed by atoms with Gasteiger partial charge in [-0.3, -0.25) is 0 Å². The van der Waals surface area contributed by atoms with Gasteiger partial charge in [0, 0.05) is 19.7 Å². The summed E-state index contributed by atoms with van der Waals surface area (Å²) in [4.78, 5) is 5.18. The summed E-state index contributed by atoms with van der Waals surface area (Å²) in [7, 11) is 1.48. The van der Waals surface area contributed by atoms with E-state index in [0.29, 0.717) is 6.54 Å². The molecule has 0 atom stereocenters. The molecule has 0 aliphatic carbocycles. The third kappa shape index (κ3) is 3.26.